The van der Waals surface area contributed by atoms with Gasteiger partial charge in [0, 0.05) is 24.7 Å². The Morgan fingerprint density at radius 1 is 1.00 bits per heavy atom. The van der Waals surface area contributed by atoms with Gasteiger partial charge in [0.1, 0.15) is 0 Å². The van der Waals surface area contributed by atoms with Crippen LogP contribution in [-0.2, 0) is 16.6 Å². The van der Waals surface area contributed by atoms with Crippen LogP contribution in [0, 0.1) is 0 Å². The summed E-state index contributed by atoms with van der Waals surface area (Å²) in [7, 11) is -3.53. The minimum Gasteiger partial charge on any atom is -0.348 e. The molecule has 0 bridgehead atoms. The van der Waals surface area contributed by atoms with Crippen LogP contribution in [0.5, 0.6) is 0 Å². The Morgan fingerprint density at radius 2 is 1.73 bits per heavy atom. The van der Waals surface area contributed by atoms with E-state index in [-0.39, 0.29) is 16.8 Å². The summed E-state index contributed by atoms with van der Waals surface area (Å²) < 4.78 is 27.5. The Hall–Kier alpha value is -2.70. The molecule has 0 saturated carbocycles. The molecule has 3 aromatic carbocycles. The van der Waals surface area contributed by atoms with E-state index in [2.05, 4.69) is 5.32 Å². The van der Waals surface area contributed by atoms with Gasteiger partial charge in [0.25, 0.3) is 5.91 Å². The zero-order chi connectivity index (χ0) is 21.1. The second kappa shape index (κ2) is 8.58. The van der Waals surface area contributed by atoms with Crippen LogP contribution >= 0.6 is 0 Å². The van der Waals surface area contributed by atoms with Gasteiger partial charge in [-0.05, 0) is 60.4 Å². The van der Waals surface area contributed by atoms with Crippen molar-refractivity contribution in [3.63, 3.8) is 0 Å². The topological polar surface area (TPSA) is 66.5 Å². The van der Waals surface area contributed by atoms with E-state index in [9.17, 15) is 13.2 Å². The molecule has 1 fully saturated rings. The predicted octanol–water partition coefficient (Wildman–Crippen LogP) is 4.33. The lowest BCUT2D eigenvalue weighted by Gasteiger charge is -2.32. The van der Waals surface area contributed by atoms with Gasteiger partial charge < -0.3 is 5.32 Å². The molecule has 30 heavy (non-hydrogen) atoms. The maximum atomic E-state index is 12.9. The molecule has 1 amide bonds. The van der Waals surface area contributed by atoms with Crippen molar-refractivity contribution in [2.75, 3.05) is 6.54 Å². The van der Waals surface area contributed by atoms with Crippen LogP contribution in [0.4, 0.5) is 0 Å². The van der Waals surface area contributed by atoms with Gasteiger partial charge in [-0.15, -0.1) is 0 Å². The monoisotopic (exact) mass is 422 g/mol. The lowest BCUT2D eigenvalue weighted by atomic mass is 10.0. The number of nitrogens with one attached hydrogen (secondary N) is 1. The third-order valence-electron chi connectivity index (χ3n) is 5.78. The molecule has 1 heterocycles. The van der Waals surface area contributed by atoms with Crippen molar-refractivity contribution < 1.29 is 13.2 Å². The van der Waals surface area contributed by atoms with Crippen molar-refractivity contribution in [2.45, 2.75) is 43.7 Å². The van der Waals surface area contributed by atoms with Crippen molar-refractivity contribution in [3.8, 4) is 0 Å². The van der Waals surface area contributed by atoms with Gasteiger partial charge in [0.15, 0.2) is 0 Å². The van der Waals surface area contributed by atoms with Crippen molar-refractivity contribution in [1.29, 1.82) is 0 Å². The third kappa shape index (κ3) is 4.11. The average molecular weight is 423 g/mol. The Morgan fingerprint density at radius 3 is 2.50 bits per heavy atom. The summed E-state index contributed by atoms with van der Waals surface area (Å²) in [5, 5.41) is 5.18. The number of rotatable bonds is 5. The molecule has 6 heteroatoms. The Labute approximate surface area is 177 Å². The minimum absolute atomic E-state index is 0.00687. The van der Waals surface area contributed by atoms with Crippen LogP contribution in [0.3, 0.4) is 0 Å². The molecule has 3 aromatic rings. The number of fused-ring (bicyclic) bond motifs is 1. The highest BCUT2D eigenvalue weighted by Crippen LogP contribution is 2.25. The van der Waals surface area contributed by atoms with Crippen molar-refractivity contribution in [2.24, 2.45) is 0 Å². The lowest BCUT2D eigenvalue weighted by Crippen LogP contribution is -2.41. The first kappa shape index (κ1) is 20.6. The number of hydrogen-bond acceptors (Lipinski definition) is 3. The fourth-order valence-electron chi connectivity index (χ4n) is 4.07. The molecule has 1 aliphatic heterocycles. The van der Waals surface area contributed by atoms with Crippen molar-refractivity contribution in [1.82, 2.24) is 9.62 Å². The first-order valence-electron chi connectivity index (χ1n) is 10.3. The number of benzene rings is 3. The molecule has 0 aromatic heterocycles. The molecule has 0 aliphatic carbocycles. The van der Waals surface area contributed by atoms with Gasteiger partial charge in [-0.3, -0.25) is 4.79 Å². The number of carbonyl (C=O) groups is 1. The van der Waals surface area contributed by atoms with Gasteiger partial charge >= 0.3 is 0 Å². The van der Waals surface area contributed by atoms with Gasteiger partial charge in [-0.1, -0.05) is 48.9 Å². The van der Waals surface area contributed by atoms with E-state index in [0.717, 1.165) is 35.6 Å². The molecule has 1 saturated heterocycles. The Balaban J connectivity index is 1.46. The highest BCUT2D eigenvalue weighted by atomic mass is 32.2. The lowest BCUT2D eigenvalue weighted by molar-refractivity contribution is 0.0951. The molecule has 5 nitrogen and oxygen atoms in total. The van der Waals surface area contributed by atoms with Crippen LogP contribution in [0.1, 0.15) is 42.1 Å². The predicted molar refractivity (Wildman–Crippen MR) is 119 cm³/mol. The zero-order valence-electron chi connectivity index (χ0n) is 17.0. The smallest absolute Gasteiger partial charge is 0.251 e. The maximum Gasteiger partial charge on any atom is 0.251 e. The van der Waals surface area contributed by atoms with Crippen LogP contribution in [0.25, 0.3) is 10.8 Å². The van der Waals surface area contributed by atoms with Gasteiger partial charge in [-0.2, -0.15) is 4.31 Å². The van der Waals surface area contributed by atoms with Crippen LogP contribution in [0.15, 0.2) is 71.6 Å². The number of amides is 1. The summed E-state index contributed by atoms with van der Waals surface area (Å²) in [5.74, 6) is -0.224. The molecule has 1 N–H and O–H groups in total. The van der Waals surface area contributed by atoms with Crippen molar-refractivity contribution >= 4 is 26.7 Å². The maximum absolute atomic E-state index is 12.9. The highest BCUT2D eigenvalue weighted by molar-refractivity contribution is 7.89. The molecule has 1 aliphatic rings. The van der Waals surface area contributed by atoms with E-state index in [0.29, 0.717) is 18.7 Å². The summed E-state index contributed by atoms with van der Waals surface area (Å²) in [6, 6.07) is 20.3. The summed E-state index contributed by atoms with van der Waals surface area (Å²) >= 11 is 0. The molecule has 4 rings (SSSR count). The SMILES string of the molecule is C[C@@H]1CCCCN1S(=O)(=O)c1ccc(C(=O)NCc2cccc3ccccc23)cc1. The molecule has 1 atom stereocenters. The minimum atomic E-state index is -3.53. The fraction of sp³-hybridized carbons (Fsp3) is 0.292. The number of carbonyl (C=O) groups excluding carboxylic acids is 1. The third-order valence-corrected chi connectivity index (χ3v) is 7.81. The number of nitrogens with zero attached hydrogens (tertiary/aromatic N) is 1. The van der Waals surface area contributed by atoms with E-state index in [1.54, 1.807) is 16.4 Å². The second-order valence-electron chi connectivity index (χ2n) is 7.81. The summed E-state index contributed by atoms with van der Waals surface area (Å²) in [5.41, 5.74) is 1.49. The summed E-state index contributed by atoms with van der Waals surface area (Å²) in [6.07, 6.45) is 2.83. The normalized spacial score (nSPS) is 17.7. The van der Waals surface area contributed by atoms with Crippen LogP contribution in [-0.4, -0.2) is 31.2 Å². The number of piperidine rings is 1. The summed E-state index contributed by atoms with van der Waals surface area (Å²) in [4.78, 5) is 12.8. The molecular weight excluding hydrogens is 396 g/mol. The van der Waals surface area contributed by atoms with E-state index < -0.39 is 10.0 Å². The second-order valence-corrected chi connectivity index (χ2v) is 9.70. The van der Waals surface area contributed by atoms with E-state index in [1.807, 2.05) is 49.4 Å². The van der Waals surface area contributed by atoms with E-state index in [4.69, 9.17) is 0 Å². The van der Waals surface area contributed by atoms with Gasteiger partial charge in [0.05, 0.1) is 4.90 Å². The average Bonchev–Trinajstić information content (AvgIpc) is 2.77. The molecular formula is C24H26N2O3S. The molecule has 0 spiro atoms. The zero-order valence-corrected chi connectivity index (χ0v) is 17.9. The highest BCUT2D eigenvalue weighted by Gasteiger charge is 2.30. The molecule has 0 radical (unpaired) electrons. The Bertz CT molecular complexity index is 1150. The number of hydrogen-bond donors (Lipinski definition) is 1. The first-order chi connectivity index (χ1) is 14.5. The van der Waals surface area contributed by atoms with Crippen molar-refractivity contribution in [3.05, 3.63) is 77.9 Å². The largest absolute Gasteiger partial charge is 0.348 e. The molecule has 156 valence electrons. The van der Waals surface area contributed by atoms with E-state index in [1.165, 1.54) is 12.1 Å². The van der Waals surface area contributed by atoms with E-state index >= 15 is 0 Å². The Kier molecular flexibility index (Phi) is 5.88. The molecule has 0 unspecified atom stereocenters. The quantitative estimate of drug-likeness (QED) is 0.665. The van der Waals surface area contributed by atoms with Crippen LogP contribution < -0.4 is 5.32 Å². The fourth-order valence-corrected chi connectivity index (χ4v) is 5.77. The standard InChI is InChI=1S/C24H26N2O3S/c1-18-7-4-5-16-26(18)30(28,29)22-14-12-20(13-15-22)24(27)25-17-21-10-6-9-19-8-2-3-11-23(19)21/h2-3,6,8-15,18H,4-5,7,16-17H2,1H3,(H,25,27)/t18-/m1/s1. The van der Waals surface area contributed by atoms with Gasteiger partial charge in [0.2, 0.25) is 10.0 Å². The summed E-state index contributed by atoms with van der Waals surface area (Å²) in [6.45, 7) is 2.91. The first-order valence-corrected chi connectivity index (χ1v) is 11.8. The van der Waals surface area contributed by atoms with Gasteiger partial charge in [-0.25, -0.2) is 8.42 Å². The number of sulfonamides is 1. The van der Waals surface area contributed by atoms with Crippen LogP contribution in [0.2, 0.25) is 0 Å².